The maximum absolute atomic E-state index is 11.0. The topological polar surface area (TPSA) is 72.0 Å². The molecular formula is C12H12ClN3O2S. The number of rotatable bonds is 4. The van der Waals surface area contributed by atoms with Crippen LogP contribution in [-0.4, -0.2) is 24.6 Å². The molecule has 0 bridgehead atoms. The Labute approximate surface area is 116 Å². The number of aromatic nitrogens is 2. The monoisotopic (exact) mass is 297 g/mol. The van der Waals surface area contributed by atoms with E-state index in [0.717, 1.165) is 23.1 Å². The summed E-state index contributed by atoms with van der Waals surface area (Å²) in [4.78, 5) is 7.92. The highest BCUT2D eigenvalue weighted by Crippen LogP contribution is 2.18. The van der Waals surface area contributed by atoms with Gasteiger partial charge in [0.05, 0.1) is 11.9 Å². The van der Waals surface area contributed by atoms with E-state index in [4.69, 9.17) is 11.6 Å². The van der Waals surface area contributed by atoms with E-state index in [2.05, 4.69) is 14.7 Å². The zero-order valence-electron chi connectivity index (χ0n) is 10.2. The van der Waals surface area contributed by atoms with Crippen molar-refractivity contribution in [2.45, 2.75) is 6.54 Å². The van der Waals surface area contributed by atoms with Gasteiger partial charge in [-0.1, -0.05) is 24.3 Å². The molecule has 100 valence electrons. The summed E-state index contributed by atoms with van der Waals surface area (Å²) in [6, 6.07) is 9.15. The predicted molar refractivity (Wildman–Crippen MR) is 74.2 cm³/mol. The van der Waals surface area contributed by atoms with E-state index in [9.17, 15) is 8.42 Å². The van der Waals surface area contributed by atoms with Crippen LogP contribution >= 0.6 is 11.6 Å². The molecule has 0 unspecified atom stereocenters. The first kappa shape index (κ1) is 13.9. The van der Waals surface area contributed by atoms with Gasteiger partial charge >= 0.3 is 0 Å². The largest absolute Gasteiger partial charge is 0.226 e. The molecule has 0 saturated carbocycles. The average molecular weight is 298 g/mol. The summed E-state index contributed by atoms with van der Waals surface area (Å²) in [5.74, 6) is 0. The summed E-state index contributed by atoms with van der Waals surface area (Å²) in [5.41, 5.74) is 2.49. The van der Waals surface area contributed by atoms with Crippen molar-refractivity contribution in [3.8, 4) is 11.3 Å². The van der Waals surface area contributed by atoms with Crippen molar-refractivity contribution < 1.29 is 8.42 Å². The first-order chi connectivity index (χ1) is 8.94. The molecule has 7 heteroatoms. The number of halogens is 1. The van der Waals surface area contributed by atoms with E-state index in [1.165, 1.54) is 0 Å². The van der Waals surface area contributed by atoms with E-state index in [1.807, 2.05) is 24.3 Å². The number of nitrogens with one attached hydrogen (secondary N) is 1. The summed E-state index contributed by atoms with van der Waals surface area (Å²) in [6.45, 7) is 0.268. The maximum Gasteiger partial charge on any atom is 0.222 e. The van der Waals surface area contributed by atoms with Crippen LogP contribution in [0.3, 0.4) is 0 Å². The van der Waals surface area contributed by atoms with Gasteiger partial charge in [0.15, 0.2) is 0 Å². The van der Waals surface area contributed by atoms with Crippen LogP contribution < -0.4 is 4.72 Å². The Balaban J connectivity index is 2.15. The molecule has 0 fully saturated rings. The van der Waals surface area contributed by atoms with Crippen molar-refractivity contribution in [3.05, 3.63) is 47.4 Å². The summed E-state index contributed by atoms with van der Waals surface area (Å²) >= 11 is 5.73. The molecule has 1 aromatic heterocycles. The minimum atomic E-state index is -3.18. The van der Waals surface area contributed by atoms with Crippen molar-refractivity contribution in [2.75, 3.05) is 6.26 Å². The first-order valence-corrected chi connectivity index (χ1v) is 7.73. The second kappa shape index (κ2) is 5.64. The maximum atomic E-state index is 11.0. The van der Waals surface area contributed by atoms with Crippen LogP contribution in [0.2, 0.25) is 5.28 Å². The molecule has 2 rings (SSSR count). The van der Waals surface area contributed by atoms with Crippen LogP contribution in [0, 0.1) is 0 Å². The number of sulfonamides is 1. The smallest absolute Gasteiger partial charge is 0.222 e. The Hall–Kier alpha value is -1.50. The number of nitrogens with zero attached hydrogens (tertiary/aromatic N) is 2. The number of hydrogen-bond acceptors (Lipinski definition) is 4. The SMILES string of the molecule is CS(=O)(=O)NCc1ccc(-c2ccnc(Cl)n2)cc1. The molecule has 0 amide bonds. The highest BCUT2D eigenvalue weighted by Gasteiger charge is 2.03. The molecule has 0 aliphatic rings. The van der Waals surface area contributed by atoms with Crippen molar-refractivity contribution >= 4 is 21.6 Å². The lowest BCUT2D eigenvalue weighted by molar-refractivity contribution is 0.587. The minimum absolute atomic E-state index is 0.195. The standard InChI is InChI=1S/C12H12ClN3O2S/c1-19(17,18)15-8-9-2-4-10(5-3-9)11-6-7-14-12(13)16-11/h2-7,15H,8H2,1H3. The van der Waals surface area contributed by atoms with Crippen LogP contribution in [0.4, 0.5) is 0 Å². The van der Waals surface area contributed by atoms with Gasteiger partial charge in [0.1, 0.15) is 0 Å². The Morgan fingerprint density at radius 2 is 1.89 bits per heavy atom. The zero-order chi connectivity index (χ0) is 13.9. The minimum Gasteiger partial charge on any atom is -0.226 e. The fraction of sp³-hybridized carbons (Fsp3) is 0.167. The molecule has 1 N–H and O–H groups in total. The third-order valence-corrected chi connectivity index (χ3v) is 3.27. The van der Waals surface area contributed by atoms with Crippen LogP contribution in [0.5, 0.6) is 0 Å². The van der Waals surface area contributed by atoms with Crippen LogP contribution in [0.1, 0.15) is 5.56 Å². The lowest BCUT2D eigenvalue weighted by atomic mass is 10.1. The summed E-state index contributed by atoms with van der Waals surface area (Å²) < 4.78 is 24.4. The molecule has 0 aliphatic heterocycles. The Bertz CT molecular complexity index is 672. The van der Waals surface area contributed by atoms with E-state index < -0.39 is 10.0 Å². The predicted octanol–water partition coefficient (Wildman–Crippen LogP) is 1.85. The lowest BCUT2D eigenvalue weighted by Crippen LogP contribution is -2.21. The molecule has 0 aliphatic carbocycles. The van der Waals surface area contributed by atoms with Crippen LogP contribution in [0.15, 0.2) is 36.5 Å². The normalized spacial score (nSPS) is 11.5. The fourth-order valence-electron chi connectivity index (χ4n) is 1.50. The van der Waals surface area contributed by atoms with Gasteiger partial charge in [-0.3, -0.25) is 0 Å². The molecule has 5 nitrogen and oxygen atoms in total. The second-order valence-electron chi connectivity index (χ2n) is 4.00. The summed E-state index contributed by atoms with van der Waals surface area (Å²) in [5, 5.41) is 0.195. The third kappa shape index (κ3) is 4.27. The van der Waals surface area contributed by atoms with E-state index in [-0.39, 0.29) is 11.8 Å². The van der Waals surface area contributed by atoms with E-state index in [0.29, 0.717) is 0 Å². The van der Waals surface area contributed by atoms with Crippen molar-refractivity contribution in [2.24, 2.45) is 0 Å². The zero-order valence-corrected chi connectivity index (χ0v) is 11.7. The quantitative estimate of drug-likeness (QED) is 0.874. The third-order valence-electron chi connectivity index (χ3n) is 2.41. The average Bonchev–Trinajstić information content (AvgIpc) is 2.36. The summed E-state index contributed by atoms with van der Waals surface area (Å²) in [6.07, 6.45) is 2.72. The van der Waals surface area contributed by atoms with Crippen LogP contribution in [-0.2, 0) is 16.6 Å². The fourth-order valence-corrected chi connectivity index (χ4v) is 2.08. The molecule has 0 atom stereocenters. The van der Waals surface area contributed by atoms with Gasteiger partial charge in [0, 0.05) is 18.3 Å². The molecule has 0 spiro atoms. The van der Waals surface area contributed by atoms with E-state index in [1.54, 1.807) is 12.3 Å². The Morgan fingerprint density at radius 1 is 1.21 bits per heavy atom. The number of benzene rings is 1. The van der Waals surface area contributed by atoms with Gasteiger partial charge in [-0.2, -0.15) is 0 Å². The van der Waals surface area contributed by atoms with Gasteiger partial charge in [-0.15, -0.1) is 0 Å². The molecule has 19 heavy (non-hydrogen) atoms. The molecule has 0 radical (unpaired) electrons. The number of hydrogen-bond donors (Lipinski definition) is 1. The molecule has 2 aromatic rings. The lowest BCUT2D eigenvalue weighted by Gasteiger charge is -2.04. The van der Waals surface area contributed by atoms with Crippen LogP contribution in [0.25, 0.3) is 11.3 Å². The Kier molecular flexibility index (Phi) is 4.14. The van der Waals surface area contributed by atoms with Crippen molar-refractivity contribution in [3.63, 3.8) is 0 Å². The molecule has 1 heterocycles. The second-order valence-corrected chi connectivity index (χ2v) is 6.17. The van der Waals surface area contributed by atoms with Gasteiger partial charge in [0.2, 0.25) is 15.3 Å². The molecular weight excluding hydrogens is 286 g/mol. The van der Waals surface area contributed by atoms with Gasteiger partial charge in [-0.25, -0.2) is 23.1 Å². The van der Waals surface area contributed by atoms with E-state index >= 15 is 0 Å². The Morgan fingerprint density at radius 3 is 2.47 bits per heavy atom. The van der Waals surface area contributed by atoms with Gasteiger partial charge < -0.3 is 0 Å². The molecule has 0 saturated heterocycles. The molecule has 1 aromatic carbocycles. The highest BCUT2D eigenvalue weighted by atomic mass is 35.5. The van der Waals surface area contributed by atoms with Crippen molar-refractivity contribution in [1.82, 2.24) is 14.7 Å². The first-order valence-electron chi connectivity index (χ1n) is 5.46. The summed E-state index contributed by atoms with van der Waals surface area (Å²) in [7, 11) is -3.18. The van der Waals surface area contributed by atoms with Gasteiger partial charge in [0.25, 0.3) is 0 Å². The van der Waals surface area contributed by atoms with Gasteiger partial charge in [-0.05, 0) is 23.2 Å². The highest BCUT2D eigenvalue weighted by molar-refractivity contribution is 7.88. The van der Waals surface area contributed by atoms with Crippen molar-refractivity contribution in [1.29, 1.82) is 0 Å².